The van der Waals surface area contributed by atoms with Crippen molar-refractivity contribution < 1.29 is 23.4 Å². The molecule has 0 aliphatic heterocycles. The molecule has 1 aromatic heterocycles. The number of nitrogens with zero attached hydrogens (tertiary/aromatic N) is 1. The Morgan fingerprint density at radius 3 is 2.44 bits per heavy atom. The summed E-state index contributed by atoms with van der Waals surface area (Å²) >= 11 is 0. The summed E-state index contributed by atoms with van der Waals surface area (Å²) in [6.07, 6.45) is -0.729. The third kappa shape index (κ3) is 4.70. The maximum atomic E-state index is 12.3. The lowest BCUT2D eigenvalue weighted by Crippen LogP contribution is -2.19. The van der Waals surface area contributed by atoms with Crippen molar-refractivity contribution in [3.63, 3.8) is 0 Å². The van der Waals surface area contributed by atoms with E-state index < -0.39 is 12.3 Å². The molecule has 104 valence electrons. The molecular weight excluding hydrogens is 247 g/mol. The van der Waals surface area contributed by atoms with Gasteiger partial charge in [-0.15, -0.1) is 0 Å². The molecule has 0 amide bonds. The zero-order valence-electron chi connectivity index (χ0n) is 10.0. The third-order valence-corrected chi connectivity index (χ3v) is 2.72. The van der Waals surface area contributed by atoms with E-state index in [9.17, 15) is 13.2 Å². The Morgan fingerprint density at radius 1 is 1.17 bits per heavy atom. The molecule has 0 aliphatic rings. The van der Waals surface area contributed by atoms with Gasteiger partial charge < -0.3 is 14.8 Å². The van der Waals surface area contributed by atoms with Crippen molar-refractivity contribution in [2.45, 2.75) is 44.5 Å². The number of rotatable bonds is 7. The van der Waals surface area contributed by atoms with Gasteiger partial charge in [-0.2, -0.15) is 13.2 Å². The van der Waals surface area contributed by atoms with Crippen LogP contribution in [0.1, 0.15) is 37.4 Å². The first-order chi connectivity index (χ1) is 8.45. The van der Waals surface area contributed by atoms with Crippen LogP contribution in [0.15, 0.2) is 18.5 Å². The van der Waals surface area contributed by atoms with E-state index in [0.717, 1.165) is 25.7 Å². The molecule has 0 bridgehead atoms. The second-order valence-corrected chi connectivity index (χ2v) is 4.26. The van der Waals surface area contributed by atoms with Crippen molar-refractivity contribution in [1.29, 1.82) is 0 Å². The van der Waals surface area contributed by atoms with Crippen molar-refractivity contribution in [2.24, 2.45) is 0 Å². The molecule has 1 atom stereocenters. The molecule has 0 saturated carbocycles. The minimum absolute atomic E-state index is 0.127. The molecule has 0 spiro atoms. The van der Waals surface area contributed by atoms with E-state index in [4.69, 9.17) is 10.2 Å². The monoisotopic (exact) mass is 265 g/mol. The summed E-state index contributed by atoms with van der Waals surface area (Å²) in [5.41, 5.74) is -0.127. The normalized spacial score (nSPS) is 13.8. The number of aryl methyl sites for hydroxylation is 1. The van der Waals surface area contributed by atoms with Gasteiger partial charge in [0.2, 0.25) is 0 Å². The first-order valence-electron chi connectivity index (χ1n) is 5.96. The fourth-order valence-corrected chi connectivity index (χ4v) is 1.71. The van der Waals surface area contributed by atoms with Gasteiger partial charge in [0.25, 0.3) is 0 Å². The van der Waals surface area contributed by atoms with Gasteiger partial charge in [-0.05, 0) is 18.9 Å². The van der Waals surface area contributed by atoms with E-state index >= 15 is 0 Å². The highest BCUT2D eigenvalue weighted by molar-refractivity contribution is 5.15. The van der Waals surface area contributed by atoms with E-state index in [2.05, 4.69) is 0 Å². The zero-order chi connectivity index (χ0) is 13.6. The van der Waals surface area contributed by atoms with Gasteiger partial charge in [0.1, 0.15) is 0 Å². The van der Waals surface area contributed by atoms with E-state index in [0.29, 0.717) is 6.54 Å². The number of hydrogen-bond acceptors (Lipinski definition) is 2. The minimum Gasteiger partial charge on any atom is -0.396 e. The first kappa shape index (κ1) is 15.0. The largest absolute Gasteiger partial charge is 0.418 e. The van der Waals surface area contributed by atoms with Crippen LogP contribution in [0.3, 0.4) is 0 Å². The number of aliphatic hydroxyl groups is 2. The highest BCUT2D eigenvalue weighted by atomic mass is 19.4. The van der Waals surface area contributed by atoms with Gasteiger partial charge in [-0.25, -0.2) is 0 Å². The third-order valence-electron chi connectivity index (χ3n) is 2.72. The van der Waals surface area contributed by atoms with E-state index in [1.165, 1.54) is 18.5 Å². The van der Waals surface area contributed by atoms with Crippen molar-refractivity contribution >= 4 is 0 Å². The average molecular weight is 265 g/mol. The first-order valence-corrected chi connectivity index (χ1v) is 5.96. The van der Waals surface area contributed by atoms with Gasteiger partial charge >= 0.3 is 6.18 Å². The molecule has 18 heavy (non-hydrogen) atoms. The van der Waals surface area contributed by atoms with Crippen LogP contribution in [-0.2, 0) is 6.54 Å². The van der Waals surface area contributed by atoms with Gasteiger partial charge in [-0.3, -0.25) is 0 Å². The minimum atomic E-state index is -4.62. The number of unbranched alkanes of at least 4 members (excludes halogenated alkanes) is 3. The molecular formula is C12H18F3NO2. The Hall–Kier alpha value is -1.01. The maximum absolute atomic E-state index is 12.3. The molecule has 1 unspecified atom stereocenters. The van der Waals surface area contributed by atoms with Crippen LogP contribution in [0, 0.1) is 0 Å². The molecule has 1 aromatic rings. The summed E-state index contributed by atoms with van der Waals surface area (Å²) < 4.78 is 38.4. The van der Waals surface area contributed by atoms with E-state index in [1.807, 2.05) is 0 Å². The van der Waals surface area contributed by atoms with Gasteiger partial charge in [0.15, 0.2) is 6.10 Å². The second kappa shape index (κ2) is 6.80. The van der Waals surface area contributed by atoms with Gasteiger partial charge in [0.05, 0.1) is 0 Å². The molecule has 0 aliphatic carbocycles. The second-order valence-electron chi connectivity index (χ2n) is 4.26. The van der Waals surface area contributed by atoms with Crippen LogP contribution >= 0.6 is 0 Å². The standard InChI is InChI=1S/C12H18F3NO2/c13-12(14,15)11(18)10-5-7-16(9-10)6-3-1-2-4-8-17/h5,7,9,11,17-18H,1-4,6,8H2. The molecule has 1 heterocycles. The number of hydrogen-bond donors (Lipinski definition) is 2. The highest BCUT2D eigenvalue weighted by Gasteiger charge is 2.39. The fraction of sp³-hybridized carbons (Fsp3) is 0.667. The Morgan fingerprint density at radius 2 is 1.83 bits per heavy atom. The Kier molecular flexibility index (Phi) is 5.68. The molecule has 6 heteroatoms. The average Bonchev–Trinajstić information content (AvgIpc) is 2.75. The lowest BCUT2D eigenvalue weighted by atomic mass is 10.2. The van der Waals surface area contributed by atoms with Crippen molar-refractivity contribution in [2.75, 3.05) is 6.61 Å². The smallest absolute Gasteiger partial charge is 0.396 e. The summed E-state index contributed by atoms with van der Waals surface area (Å²) in [5.74, 6) is 0. The lowest BCUT2D eigenvalue weighted by Gasteiger charge is -2.12. The predicted octanol–water partition coefficient (Wildman–Crippen LogP) is 2.64. The van der Waals surface area contributed by atoms with Gasteiger partial charge in [-0.1, -0.05) is 12.8 Å². The number of halogens is 3. The lowest BCUT2D eigenvalue weighted by molar-refractivity contribution is -0.206. The van der Waals surface area contributed by atoms with Crippen LogP contribution in [-0.4, -0.2) is 27.6 Å². The molecule has 0 fully saturated rings. The van der Waals surface area contributed by atoms with E-state index in [-0.39, 0.29) is 12.2 Å². The number of aliphatic hydroxyl groups excluding tert-OH is 2. The molecule has 0 radical (unpaired) electrons. The highest BCUT2D eigenvalue weighted by Crippen LogP contribution is 2.32. The molecule has 0 aromatic carbocycles. The van der Waals surface area contributed by atoms with Crippen LogP contribution in [0.25, 0.3) is 0 Å². The quantitative estimate of drug-likeness (QED) is 0.744. The molecule has 2 N–H and O–H groups in total. The summed E-state index contributed by atoms with van der Waals surface area (Å²) in [7, 11) is 0. The Balaban J connectivity index is 2.39. The topological polar surface area (TPSA) is 45.4 Å². The van der Waals surface area contributed by atoms with Gasteiger partial charge in [0, 0.05) is 31.1 Å². The van der Waals surface area contributed by atoms with E-state index in [1.54, 1.807) is 4.57 Å². The van der Waals surface area contributed by atoms with Crippen molar-refractivity contribution in [3.8, 4) is 0 Å². The van der Waals surface area contributed by atoms with Crippen LogP contribution < -0.4 is 0 Å². The summed E-state index contributed by atoms with van der Waals surface area (Å²) in [6.45, 7) is 0.793. The van der Waals surface area contributed by atoms with Crippen molar-refractivity contribution in [3.05, 3.63) is 24.0 Å². The Labute approximate surface area is 104 Å². The maximum Gasteiger partial charge on any atom is 0.418 e. The number of aromatic nitrogens is 1. The zero-order valence-corrected chi connectivity index (χ0v) is 10.0. The predicted molar refractivity (Wildman–Crippen MR) is 61.0 cm³/mol. The summed E-state index contributed by atoms with van der Waals surface area (Å²) in [5, 5.41) is 17.6. The summed E-state index contributed by atoms with van der Waals surface area (Å²) in [4.78, 5) is 0. The SMILES string of the molecule is OCCCCCCn1ccc(C(O)C(F)(F)F)c1. The number of alkyl halides is 3. The Bertz CT molecular complexity index is 349. The molecule has 1 rings (SSSR count). The fourth-order valence-electron chi connectivity index (χ4n) is 1.71. The van der Waals surface area contributed by atoms with Crippen LogP contribution in [0.4, 0.5) is 13.2 Å². The molecule has 3 nitrogen and oxygen atoms in total. The van der Waals surface area contributed by atoms with Crippen LogP contribution in [0.5, 0.6) is 0 Å². The molecule has 0 saturated heterocycles. The van der Waals surface area contributed by atoms with Crippen LogP contribution in [0.2, 0.25) is 0 Å². The van der Waals surface area contributed by atoms with Crippen molar-refractivity contribution in [1.82, 2.24) is 4.57 Å². The summed E-state index contributed by atoms with van der Waals surface area (Å²) in [6, 6.07) is 1.28.